The number of halogens is 2. The van der Waals surface area contributed by atoms with Crippen LogP contribution in [0, 0.1) is 13.8 Å². The standard InChI is InChI=1S/C22H23F2N3O3S/c1-11-17-12(2)26-19(14-5-6-14)27-21(17)31-18(11)20(28)25-9-8-13-4-7-15(30-22(23)24)16(10-13)29-3/h4,7,10,14,22H,5-6,8-9H2,1-3H3,(H,25,28). The van der Waals surface area contributed by atoms with Gasteiger partial charge in [0.2, 0.25) is 0 Å². The second kappa shape index (κ2) is 8.74. The summed E-state index contributed by atoms with van der Waals surface area (Å²) in [5, 5.41) is 3.89. The van der Waals surface area contributed by atoms with Crippen LogP contribution >= 0.6 is 11.3 Å². The first kappa shape index (κ1) is 21.4. The maximum absolute atomic E-state index is 12.8. The average Bonchev–Trinajstić information content (AvgIpc) is 3.52. The number of thiophene rings is 1. The molecule has 1 fully saturated rings. The molecule has 1 amide bonds. The van der Waals surface area contributed by atoms with Gasteiger partial charge in [-0.1, -0.05) is 6.07 Å². The van der Waals surface area contributed by atoms with Crippen LogP contribution in [-0.2, 0) is 6.42 Å². The van der Waals surface area contributed by atoms with Crippen molar-refractivity contribution in [3.8, 4) is 11.5 Å². The fourth-order valence-corrected chi connectivity index (χ4v) is 4.72. The number of benzene rings is 1. The first-order valence-corrected chi connectivity index (χ1v) is 10.9. The Morgan fingerprint density at radius 1 is 1.26 bits per heavy atom. The molecule has 0 atom stereocenters. The van der Waals surface area contributed by atoms with Crippen LogP contribution in [0.5, 0.6) is 11.5 Å². The van der Waals surface area contributed by atoms with Gasteiger partial charge in [0.05, 0.1) is 17.7 Å². The highest BCUT2D eigenvalue weighted by Crippen LogP contribution is 2.40. The molecule has 1 saturated carbocycles. The van der Waals surface area contributed by atoms with E-state index >= 15 is 0 Å². The molecule has 2 heterocycles. The number of nitrogens with one attached hydrogen (secondary N) is 1. The quantitative estimate of drug-likeness (QED) is 0.539. The minimum atomic E-state index is -2.92. The number of hydrogen-bond donors (Lipinski definition) is 1. The summed E-state index contributed by atoms with van der Waals surface area (Å²) in [6.45, 7) is 1.36. The Balaban J connectivity index is 1.44. The topological polar surface area (TPSA) is 73.3 Å². The van der Waals surface area contributed by atoms with Gasteiger partial charge in [0.1, 0.15) is 10.7 Å². The van der Waals surface area contributed by atoms with Crippen molar-refractivity contribution in [1.29, 1.82) is 0 Å². The predicted octanol–water partition coefficient (Wildman–Crippen LogP) is 4.77. The number of aryl methyl sites for hydroxylation is 2. The fraction of sp³-hybridized carbons (Fsp3) is 0.409. The predicted molar refractivity (Wildman–Crippen MR) is 115 cm³/mol. The largest absolute Gasteiger partial charge is 0.493 e. The molecule has 0 spiro atoms. The van der Waals surface area contributed by atoms with E-state index in [4.69, 9.17) is 4.74 Å². The van der Waals surface area contributed by atoms with E-state index in [-0.39, 0.29) is 17.4 Å². The Morgan fingerprint density at radius 3 is 2.71 bits per heavy atom. The van der Waals surface area contributed by atoms with Crippen LogP contribution in [0.15, 0.2) is 18.2 Å². The number of hydrogen-bond acceptors (Lipinski definition) is 6. The van der Waals surface area contributed by atoms with E-state index < -0.39 is 6.61 Å². The summed E-state index contributed by atoms with van der Waals surface area (Å²) < 4.78 is 34.5. The summed E-state index contributed by atoms with van der Waals surface area (Å²) in [7, 11) is 1.39. The highest BCUT2D eigenvalue weighted by molar-refractivity contribution is 7.20. The Hall–Kier alpha value is -2.81. The maximum Gasteiger partial charge on any atom is 0.387 e. The van der Waals surface area contributed by atoms with Crippen LogP contribution < -0.4 is 14.8 Å². The molecule has 4 rings (SSSR count). The number of ether oxygens (including phenoxy) is 2. The van der Waals surface area contributed by atoms with Crippen molar-refractivity contribution in [2.24, 2.45) is 0 Å². The molecule has 1 aliphatic carbocycles. The molecule has 164 valence electrons. The van der Waals surface area contributed by atoms with Crippen molar-refractivity contribution in [2.45, 2.75) is 45.6 Å². The van der Waals surface area contributed by atoms with E-state index in [0.717, 1.165) is 45.7 Å². The minimum absolute atomic E-state index is 0.0202. The van der Waals surface area contributed by atoms with Crippen molar-refractivity contribution in [3.63, 3.8) is 0 Å². The lowest BCUT2D eigenvalue weighted by molar-refractivity contribution is -0.0512. The third-order valence-electron chi connectivity index (χ3n) is 5.28. The Morgan fingerprint density at radius 2 is 2.03 bits per heavy atom. The van der Waals surface area contributed by atoms with E-state index in [2.05, 4.69) is 20.0 Å². The monoisotopic (exact) mass is 447 g/mol. The van der Waals surface area contributed by atoms with E-state index in [0.29, 0.717) is 23.8 Å². The zero-order valence-electron chi connectivity index (χ0n) is 17.5. The van der Waals surface area contributed by atoms with Crippen LogP contribution in [0.1, 0.15) is 51.1 Å². The number of carbonyl (C=O) groups is 1. The van der Waals surface area contributed by atoms with Gasteiger partial charge in [-0.25, -0.2) is 9.97 Å². The number of rotatable bonds is 8. The van der Waals surface area contributed by atoms with E-state index in [1.54, 1.807) is 12.1 Å². The number of methoxy groups -OCH3 is 1. The Labute approximate surface area is 182 Å². The molecule has 3 aromatic rings. The fourth-order valence-electron chi connectivity index (χ4n) is 3.56. The molecule has 0 saturated heterocycles. The lowest BCUT2D eigenvalue weighted by Crippen LogP contribution is -2.25. The van der Waals surface area contributed by atoms with Crippen LogP contribution in [0.3, 0.4) is 0 Å². The second-order valence-electron chi connectivity index (χ2n) is 7.55. The van der Waals surface area contributed by atoms with Crippen molar-refractivity contribution < 1.29 is 23.0 Å². The Bertz CT molecular complexity index is 1130. The average molecular weight is 448 g/mol. The third-order valence-corrected chi connectivity index (χ3v) is 6.46. The number of amides is 1. The van der Waals surface area contributed by atoms with Gasteiger partial charge in [0.25, 0.3) is 5.91 Å². The summed E-state index contributed by atoms with van der Waals surface area (Å²) in [6, 6.07) is 4.75. The van der Waals surface area contributed by atoms with Crippen molar-refractivity contribution in [3.05, 3.63) is 45.7 Å². The van der Waals surface area contributed by atoms with Crippen molar-refractivity contribution in [2.75, 3.05) is 13.7 Å². The van der Waals surface area contributed by atoms with E-state index in [1.807, 2.05) is 13.8 Å². The maximum atomic E-state index is 12.8. The number of aromatic nitrogens is 2. The normalized spacial score (nSPS) is 13.6. The summed E-state index contributed by atoms with van der Waals surface area (Å²) >= 11 is 1.39. The third kappa shape index (κ3) is 4.61. The number of carbonyl (C=O) groups excluding carboxylic acids is 1. The molecule has 2 aromatic heterocycles. The van der Waals surface area contributed by atoms with E-state index in [1.165, 1.54) is 24.5 Å². The van der Waals surface area contributed by atoms with Crippen LogP contribution in [0.2, 0.25) is 0 Å². The highest BCUT2D eigenvalue weighted by atomic mass is 32.1. The van der Waals surface area contributed by atoms with Gasteiger partial charge in [-0.3, -0.25) is 4.79 Å². The molecule has 1 N–H and O–H groups in total. The highest BCUT2D eigenvalue weighted by Gasteiger charge is 2.28. The molecule has 0 unspecified atom stereocenters. The first-order chi connectivity index (χ1) is 14.9. The van der Waals surface area contributed by atoms with E-state index in [9.17, 15) is 13.6 Å². The Kier molecular flexibility index (Phi) is 6.04. The number of alkyl halides is 2. The molecule has 6 nitrogen and oxygen atoms in total. The van der Waals surface area contributed by atoms with Gasteiger partial charge in [-0.15, -0.1) is 11.3 Å². The van der Waals surface area contributed by atoms with Gasteiger partial charge < -0.3 is 14.8 Å². The second-order valence-corrected chi connectivity index (χ2v) is 8.55. The molecule has 0 bridgehead atoms. The first-order valence-electron chi connectivity index (χ1n) is 10.0. The molecule has 1 aliphatic rings. The molecule has 31 heavy (non-hydrogen) atoms. The lowest BCUT2D eigenvalue weighted by Gasteiger charge is -2.11. The van der Waals surface area contributed by atoms with Gasteiger partial charge >= 0.3 is 6.61 Å². The zero-order chi connectivity index (χ0) is 22.1. The smallest absolute Gasteiger partial charge is 0.387 e. The minimum Gasteiger partial charge on any atom is -0.493 e. The van der Waals surface area contributed by atoms with Crippen molar-refractivity contribution in [1.82, 2.24) is 15.3 Å². The molecule has 1 aromatic carbocycles. The van der Waals surface area contributed by atoms with Crippen LogP contribution in [0.4, 0.5) is 8.78 Å². The van der Waals surface area contributed by atoms with Crippen molar-refractivity contribution >= 4 is 27.5 Å². The summed E-state index contributed by atoms with van der Waals surface area (Å²) in [6.07, 6.45) is 2.77. The lowest BCUT2D eigenvalue weighted by atomic mass is 10.1. The molecular formula is C22H23F2N3O3S. The molecule has 0 radical (unpaired) electrons. The van der Waals surface area contributed by atoms with Gasteiger partial charge in [0.15, 0.2) is 11.5 Å². The van der Waals surface area contributed by atoms with Crippen LogP contribution in [0.25, 0.3) is 10.2 Å². The van der Waals surface area contributed by atoms with Crippen LogP contribution in [-0.4, -0.2) is 36.1 Å². The SMILES string of the molecule is COc1cc(CCNC(=O)c2sc3nc(C4CC4)nc(C)c3c2C)ccc1OC(F)F. The number of nitrogens with zero attached hydrogens (tertiary/aromatic N) is 2. The molecule has 9 heteroatoms. The zero-order valence-corrected chi connectivity index (χ0v) is 18.3. The summed E-state index contributed by atoms with van der Waals surface area (Å²) in [5.74, 6) is 1.39. The van der Waals surface area contributed by atoms with Gasteiger partial charge in [0, 0.05) is 17.8 Å². The molecule has 0 aliphatic heterocycles. The van der Waals surface area contributed by atoms with Gasteiger partial charge in [-0.2, -0.15) is 8.78 Å². The summed E-state index contributed by atoms with van der Waals surface area (Å²) in [4.78, 5) is 23.6. The molecular weight excluding hydrogens is 424 g/mol. The summed E-state index contributed by atoms with van der Waals surface area (Å²) in [5.41, 5.74) is 2.65. The van der Waals surface area contributed by atoms with Gasteiger partial charge in [-0.05, 0) is 56.4 Å². The number of fused-ring (bicyclic) bond motifs is 1.